The zero-order valence-electron chi connectivity index (χ0n) is 16.7. The number of methoxy groups -OCH3 is 1. The number of nitrogens with zero attached hydrogens (tertiary/aromatic N) is 3. The van der Waals surface area contributed by atoms with Crippen LogP contribution in [0.1, 0.15) is 21.6 Å². The Kier molecular flexibility index (Phi) is 5.24. The normalized spacial score (nSPS) is 11.2. The van der Waals surface area contributed by atoms with Crippen LogP contribution in [0.15, 0.2) is 33.9 Å². The number of carbonyl (C=O) groups excluding carboxylic acids is 1. The lowest BCUT2D eigenvalue weighted by atomic mass is 10.1. The molecular formula is C20H24N4O4. The molecule has 3 aromatic rings. The summed E-state index contributed by atoms with van der Waals surface area (Å²) in [6.07, 6.45) is 0. The third-order valence-corrected chi connectivity index (χ3v) is 4.98. The Morgan fingerprint density at radius 1 is 1.07 bits per heavy atom. The van der Waals surface area contributed by atoms with Crippen molar-refractivity contribution in [3.63, 3.8) is 0 Å². The minimum absolute atomic E-state index is 0.101. The van der Waals surface area contributed by atoms with Gasteiger partial charge in [-0.05, 0) is 43.7 Å². The predicted molar refractivity (Wildman–Crippen MR) is 108 cm³/mol. The lowest BCUT2D eigenvalue weighted by Gasteiger charge is -2.14. The van der Waals surface area contributed by atoms with Crippen molar-refractivity contribution < 1.29 is 9.53 Å². The number of aryl methyl sites for hydroxylation is 4. The Labute approximate surface area is 162 Å². The SMILES string of the molecule is COCCn1c(C)cc(C)c(C(=O)Nc2ccc3c(c2)n(C)c(=O)n3C)c1=O. The molecule has 0 saturated carbocycles. The zero-order valence-corrected chi connectivity index (χ0v) is 16.7. The average Bonchev–Trinajstić information content (AvgIpc) is 2.85. The molecule has 0 aliphatic carbocycles. The van der Waals surface area contributed by atoms with Gasteiger partial charge < -0.3 is 14.6 Å². The van der Waals surface area contributed by atoms with Crippen LogP contribution in [-0.2, 0) is 25.4 Å². The van der Waals surface area contributed by atoms with Crippen LogP contribution in [0.2, 0.25) is 0 Å². The second-order valence-corrected chi connectivity index (χ2v) is 6.85. The fourth-order valence-electron chi connectivity index (χ4n) is 3.44. The molecule has 2 aromatic heterocycles. The van der Waals surface area contributed by atoms with Gasteiger partial charge in [-0.25, -0.2) is 4.79 Å². The highest BCUT2D eigenvalue weighted by Gasteiger charge is 2.18. The Morgan fingerprint density at radius 2 is 1.75 bits per heavy atom. The molecule has 0 unspecified atom stereocenters. The average molecular weight is 384 g/mol. The number of carbonyl (C=O) groups is 1. The van der Waals surface area contributed by atoms with Gasteiger partial charge in [-0.15, -0.1) is 0 Å². The third-order valence-electron chi connectivity index (χ3n) is 4.98. The van der Waals surface area contributed by atoms with Crippen molar-refractivity contribution in [1.82, 2.24) is 13.7 Å². The highest BCUT2D eigenvalue weighted by molar-refractivity contribution is 6.05. The van der Waals surface area contributed by atoms with Crippen molar-refractivity contribution in [2.24, 2.45) is 14.1 Å². The molecule has 0 spiro atoms. The van der Waals surface area contributed by atoms with Gasteiger partial charge in [0.25, 0.3) is 11.5 Å². The maximum atomic E-state index is 12.9. The number of fused-ring (bicyclic) bond motifs is 1. The molecule has 0 atom stereocenters. The van der Waals surface area contributed by atoms with Crippen LogP contribution in [-0.4, -0.2) is 33.3 Å². The highest BCUT2D eigenvalue weighted by Crippen LogP contribution is 2.18. The van der Waals surface area contributed by atoms with Crippen molar-refractivity contribution in [3.05, 3.63) is 61.9 Å². The van der Waals surface area contributed by atoms with E-state index in [0.717, 1.165) is 11.2 Å². The van der Waals surface area contributed by atoms with Crippen LogP contribution in [0, 0.1) is 13.8 Å². The van der Waals surface area contributed by atoms with Crippen molar-refractivity contribution in [2.45, 2.75) is 20.4 Å². The second kappa shape index (κ2) is 7.47. The van der Waals surface area contributed by atoms with Gasteiger partial charge in [-0.1, -0.05) is 0 Å². The van der Waals surface area contributed by atoms with E-state index in [1.54, 1.807) is 50.9 Å². The van der Waals surface area contributed by atoms with Crippen molar-refractivity contribution >= 4 is 22.6 Å². The number of hydrogen-bond acceptors (Lipinski definition) is 4. The summed E-state index contributed by atoms with van der Waals surface area (Å²) in [6.45, 7) is 4.33. The smallest absolute Gasteiger partial charge is 0.328 e. The Hall–Kier alpha value is -3.13. The van der Waals surface area contributed by atoms with Gasteiger partial charge >= 0.3 is 5.69 Å². The number of benzene rings is 1. The number of ether oxygens (including phenoxy) is 1. The van der Waals surface area contributed by atoms with E-state index in [9.17, 15) is 14.4 Å². The van der Waals surface area contributed by atoms with Gasteiger partial charge in [-0.3, -0.25) is 18.7 Å². The largest absolute Gasteiger partial charge is 0.383 e. The van der Waals surface area contributed by atoms with E-state index in [2.05, 4.69) is 5.32 Å². The van der Waals surface area contributed by atoms with Crippen molar-refractivity contribution in [2.75, 3.05) is 19.0 Å². The third kappa shape index (κ3) is 3.27. The summed E-state index contributed by atoms with van der Waals surface area (Å²) in [6, 6.07) is 7.02. The monoisotopic (exact) mass is 384 g/mol. The van der Waals surface area contributed by atoms with Crippen LogP contribution in [0.5, 0.6) is 0 Å². The number of imidazole rings is 1. The number of hydrogen-bond donors (Lipinski definition) is 1. The van der Waals surface area contributed by atoms with E-state index < -0.39 is 5.91 Å². The summed E-state index contributed by atoms with van der Waals surface area (Å²) >= 11 is 0. The quantitative estimate of drug-likeness (QED) is 0.723. The molecule has 1 amide bonds. The van der Waals surface area contributed by atoms with E-state index in [0.29, 0.717) is 29.9 Å². The fraction of sp³-hybridized carbons (Fsp3) is 0.350. The van der Waals surface area contributed by atoms with Crippen LogP contribution < -0.4 is 16.6 Å². The van der Waals surface area contributed by atoms with Gasteiger partial charge in [0.05, 0.1) is 17.6 Å². The molecule has 0 aliphatic heterocycles. The van der Waals surface area contributed by atoms with E-state index in [4.69, 9.17) is 4.74 Å². The molecule has 28 heavy (non-hydrogen) atoms. The molecule has 0 aliphatic rings. The lowest BCUT2D eigenvalue weighted by Crippen LogP contribution is -2.32. The first-order chi connectivity index (χ1) is 13.3. The van der Waals surface area contributed by atoms with Gasteiger partial charge in [-0.2, -0.15) is 0 Å². The van der Waals surface area contributed by atoms with Gasteiger partial charge in [0.2, 0.25) is 0 Å². The van der Waals surface area contributed by atoms with E-state index >= 15 is 0 Å². The number of pyridine rings is 1. The fourth-order valence-corrected chi connectivity index (χ4v) is 3.44. The Morgan fingerprint density at radius 3 is 2.43 bits per heavy atom. The van der Waals surface area contributed by atoms with E-state index in [1.807, 2.05) is 13.0 Å². The van der Waals surface area contributed by atoms with Crippen LogP contribution in [0.4, 0.5) is 5.69 Å². The summed E-state index contributed by atoms with van der Waals surface area (Å²) in [4.78, 5) is 37.8. The summed E-state index contributed by atoms with van der Waals surface area (Å²) in [5.41, 5.74) is 2.97. The van der Waals surface area contributed by atoms with Crippen LogP contribution in [0.3, 0.4) is 0 Å². The second-order valence-electron chi connectivity index (χ2n) is 6.85. The Balaban J connectivity index is 1.99. The first-order valence-corrected chi connectivity index (χ1v) is 8.93. The maximum Gasteiger partial charge on any atom is 0.328 e. The van der Waals surface area contributed by atoms with Gasteiger partial charge in [0, 0.05) is 39.1 Å². The van der Waals surface area contributed by atoms with E-state index in [-0.39, 0.29) is 16.8 Å². The highest BCUT2D eigenvalue weighted by atomic mass is 16.5. The topological polar surface area (TPSA) is 87.3 Å². The molecule has 148 valence electrons. The zero-order chi connectivity index (χ0) is 20.6. The number of amides is 1. The number of anilines is 1. The number of nitrogens with one attached hydrogen (secondary N) is 1. The molecule has 0 bridgehead atoms. The summed E-state index contributed by atoms with van der Waals surface area (Å²) in [5.74, 6) is -0.478. The first-order valence-electron chi connectivity index (χ1n) is 8.93. The Bertz CT molecular complexity index is 1180. The van der Waals surface area contributed by atoms with Crippen LogP contribution in [0.25, 0.3) is 11.0 Å². The minimum Gasteiger partial charge on any atom is -0.383 e. The molecule has 8 nitrogen and oxygen atoms in total. The van der Waals surface area contributed by atoms with Gasteiger partial charge in [0.1, 0.15) is 5.56 Å². The molecular weight excluding hydrogens is 360 g/mol. The number of aromatic nitrogens is 3. The first kappa shape index (κ1) is 19.6. The van der Waals surface area contributed by atoms with Gasteiger partial charge in [0.15, 0.2) is 0 Å². The number of rotatable bonds is 5. The summed E-state index contributed by atoms with van der Waals surface area (Å²) in [5, 5.41) is 2.78. The molecule has 2 heterocycles. The molecule has 0 radical (unpaired) electrons. The minimum atomic E-state index is -0.478. The molecule has 0 fully saturated rings. The standard InChI is InChI=1S/C20H24N4O4/c1-12-10-13(2)24(8-9-28-5)19(26)17(12)18(25)21-14-6-7-15-16(11-14)23(4)20(27)22(15)3/h6-7,10-11H,8-9H2,1-5H3,(H,21,25). The molecule has 1 aromatic carbocycles. The maximum absolute atomic E-state index is 12.9. The lowest BCUT2D eigenvalue weighted by molar-refractivity contribution is 0.102. The van der Waals surface area contributed by atoms with Crippen LogP contribution >= 0.6 is 0 Å². The summed E-state index contributed by atoms with van der Waals surface area (Å²) in [7, 11) is 4.94. The molecule has 0 saturated heterocycles. The van der Waals surface area contributed by atoms with Crippen molar-refractivity contribution in [1.29, 1.82) is 0 Å². The predicted octanol–water partition coefficient (Wildman–Crippen LogP) is 1.55. The van der Waals surface area contributed by atoms with Crippen molar-refractivity contribution in [3.8, 4) is 0 Å². The molecule has 1 N–H and O–H groups in total. The summed E-state index contributed by atoms with van der Waals surface area (Å²) < 4.78 is 9.65. The molecule has 8 heteroatoms. The van der Waals surface area contributed by atoms with E-state index in [1.165, 1.54) is 9.13 Å². The molecule has 3 rings (SSSR count).